The van der Waals surface area contributed by atoms with Gasteiger partial charge < -0.3 is 9.47 Å². The number of para-hydroxylation sites is 1. The van der Waals surface area contributed by atoms with Crippen LogP contribution in [0.25, 0.3) is 10.9 Å². The van der Waals surface area contributed by atoms with Gasteiger partial charge in [-0.25, -0.2) is 0 Å². The van der Waals surface area contributed by atoms with Gasteiger partial charge in [0.1, 0.15) is 0 Å². The molecule has 2 aliphatic heterocycles. The van der Waals surface area contributed by atoms with Crippen LogP contribution >= 0.6 is 0 Å². The van der Waals surface area contributed by atoms with Crippen LogP contribution in [0.1, 0.15) is 25.0 Å². The van der Waals surface area contributed by atoms with E-state index >= 15 is 0 Å². The summed E-state index contributed by atoms with van der Waals surface area (Å²) in [5.74, 6) is 1.40. The maximum absolute atomic E-state index is 6.16. The van der Waals surface area contributed by atoms with Crippen molar-refractivity contribution in [3.63, 3.8) is 0 Å². The quantitative estimate of drug-likeness (QED) is 0.810. The molecule has 0 bridgehead atoms. The van der Waals surface area contributed by atoms with E-state index < -0.39 is 0 Å². The highest BCUT2D eigenvalue weighted by molar-refractivity contribution is 5.78. The van der Waals surface area contributed by atoms with Gasteiger partial charge in [0.05, 0.1) is 23.4 Å². The Kier molecular flexibility index (Phi) is 4.00. The van der Waals surface area contributed by atoms with Gasteiger partial charge in [0.15, 0.2) is 0 Å². The van der Waals surface area contributed by atoms with E-state index in [9.17, 15) is 0 Å². The molecule has 3 aliphatic rings. The number of ether oxygens (including phenoxy) is 2. The molecule has 132 valence electrons. The van der Waals surface area contributed by atoms with E-state index in [-0.39, 0.29) is 5.60 Å². The fourth-order valence-corrected chi connectivity index (χ4v) is 4.28. The van der Waals surface area contributed by atoms with Crippen molar-refractivity contribution in [3.8, 4) is 0 Å². The molecule has 5 rings (SSSR count). The fraction of sp³-hybridized carbons (Fsp3) is 0.571. The second kappa shape index (κ2) is 6.35. The molecule has 1 aromatic heterocycles. The van der Waals surface area contributed by atoms with Crippen molar-refractivity contribution >= 4 is 10.9 Å². The Balaban J connectivity index is 1.18. The summed E-state index contributed by atoms with van der Waals surface area (Å²) >= 11 is 0. The molecule has 2 aromatic rings. The fourth-order valence-electron chi connectivity index (χ4n) is 4.28. The topological polar surface area (TPSA) is 34.6 Å². The lowest BCUT2D eigenvalue weighted by Crippen LogP contribution is -2.64. The molecule has 3 fully saturated rings. The van der Waals surface area contributed by atoms with Crippen LogP contribution in [0, 0.1) is 11.8 Å². The third-order valence-corrected chi connectivity index (χ3v) is 5.99. The molecule has 1 unspecified atom stereocenters. The largest absolute Gasteiger partial charge is 0.381 e. The van der Waals surface area contributed by atoms with Gasteiger partial charge in [-0.2, -0.15) is 0 Å². The standard InChI is InChI=1S/C21H26N2O2/c1-2-4-20-17(3-1)7-8-19(22-20)11-23-14-21(15-23)18(9-10-25-21)13-24-12-16-5-6-16/h1-4,7-8,16,18H,5-6,9-15H2. The second-order valence-corrected chi connectivity index (χ2v) is 8.02. The minimum absolute atomic E-state index is 0.0421. The third-order valence-electron chi connectivity index (χ3n) is 5.99. The number of hydrogen-bond donors (Lipinski definition) is 0. The molecule has 1 spiro atoms. The number of rotatable bonds is 6. The maximum Gasteiger partial charge on any atom is 0.0985 e. The van der Waals surface area contributed by atoms with Gasteiger partial charge in [-0.3, -0.25) is 9.88 Å². The van der Waals surface area contributed by atoms with Gasteiger partial charge in [-0.15, -0.1) is 0 Å². The molecule has 2 saturated heterocycles. The van der Waals surface area contributed by atoms with E-state index in [1.54, 1.807) is 0 Å². The molecule has 3 heterocycles. The van der Waals surface area contributed by atoms with E-state index in [1.165, 1.54) is 18.2 Å². The number of hydrogen-bond acceptors (Lipinski definition) is 4. The van der Waals surface area contributed by atoms with Gasteiger partial charge in [-0.1, -0.05) is 24.3 Å². The predicted octanol–water partition coefficient (Wildman–Crippen LogP) is 3.25. The lowest BCUT2D eigenvalue weighted by Gasteiger charge is -2.50. The summed E-state index contributed by atoms with van der Waals surface area (Å²) in [4.78, 5) is 7.25. The lowest BCUT2D eigenvalue weighted by atomic mass is 9.81. The molecule has 1 aliphatic carbocycles. The van der Waals surface area contributed by atoms with Crippen molar-refractivity contribution in [3.05, 3.63) is 42.1 Å². The zero-order chi connectivity index (χ0) is 16.7. The molecule has 1 atom stereocenters. The molecule has 0 amide bonds. The van der Waals surface area contributed by atoms with Gasteiger partial charge >= 0.3 is 0 Å². The molecule has 25 heavy (non-hydrogen) atoms. The van der Waals surface area contributed by atoms with Crippen LogP contribution < -0.4 is 0 Å². The summed E-state index contributed by atoms with van der Waals surface area (Å²) in [6.45, 7) is 5.65. The predicted molar refractivity (Wildman–Crippen MR) is 97.4 cm³/mol. The Bertz CT molecular complexity index is 752. The monoisotopic (exact) mass is 338 g/mol. The van der Waals surface area contributed by atoms with Gasteiger partial charge in [-0.05, 0) is 37.3 Å². The zero-order valence-corrected chi connectivity index (χ0v) is 14.7. The van der Waals surface area contributed by atoms with Crippen LogP contribution in [-0.2, 0) is 16.0 Å². The molecular weight excluding hydrogens is 312 g/mol. The molecule has 1 aromatic carbocycles. The van der Waals surface area contributed by atoms with Crippen LogP contribution in [-0.4, -0.2) is 48.4 Å². The lowest BCUT2D eigenvalue weighted by molar-refractivity contribution is -0.146. The van der Waals surface area contributed by atoms with Crippen LogP contribution in [0.5, 0.6) is 0 Å². The Morgan fingerprint density at radius 3 is 2.84 bits per heavy atom. The van der Waals surface area contributed by atoms with E-state index in [0.717, 1.165) is 63.0 Å². The first-order chi connectivity index (χ1) is 12.3. The first-order valence-electron chi connectivity index (χ1n) is 9.59. The first-order valence-corrected chi connectivity index (χ1v) is 9.59. The minimum atomic E-state index is 0.0421. The summed E-state index contributed by atoms with van der Waals surface area (Å²) in [5.41, 5.74) is 2.27. The summed E-state index contributed by atoms with van der Waals surface area (Å²) in [6, 6.07) is 12.6. The number of benzene rings is 1. The Morgan fingerprint density at radius 2 is 1.96 bits per heavy atom. The smallest absolute Gasteiger partial charge is 0.0985 e. The molecule has 4 nitrogen and oxygen atoms in total. The number of nitrogens with zero attached hydrogens (tertiary/aromatic N) is 2. The van der Waals surface area contributed by atoms with Gasteiger partial charge in [0.25, 0.3) is 0 Å². The van der Waals surface area contributed by atoms with E-state index in [1.807, 2.05) is 0 Å². The van der Waals surface area contributed by atoms with Crippen LogP contribution in [0.2, 0.25) is 0 Å². The summed E-state index contributed by atoms with van der Waals surface area (Å²) in [6.07, 6.45) is 3.87. The zero-order valence-electron chi connectivity index (χ0n) is 14.7. The summed E-state index contributed by atoms with van der Waals surface area (Å²) in [7, 11) is 0. The summed E-state index contributed by atoms with van der Waals surface area (Å²) in [5, 5.41) is 1.21. The normalized spacial score (nSPS) is 25.5. The van der Waals surface area contributed by atoms with Crippen molar-refractivity contribution in [2.45, 2.75) is 31.4 Å². The van der Waals surface area contributed by atoms with Crippen molar-refractivity contribution in [2.24, 2.45) is 11.8 Å². The number of pyridine rings is 1. The maximum atomic E-state index is 6.16. The van der Waals surface area contributed by atoms with E-state index in [0.29, 0.717) is 5.92 Å². The van der Waals surface area contributed by atoms with E-state index in [4.69, 9.17) is 14.5 Å². The summed E-state index contributed by atoms with van der Waals surface area (Å²) < 4.78 is 12.1. The first kappa shape index (κ1) is 15.7. The average Bonchev–Trinajstić information content (AvgIpc) is 3.33. The molecule has 4 heteroatoms. The van der Waals surface area contributed by atoms with Crippen molar-refractivity contribution in [2.75, 3.05) is 32.9 Å². The minimum Gasteiger partial charge on any atom is -0.381 e. The highest BCUT2D eigenvalue weighted by Gasteiger charge is 2.52. The van der Waals surface area contributed by atoms with Crippen LogP contribution in [0.4, 0.5) is 0 Å². The molecular formula is C21H26N2O2. The second-order valence-electron chi connectivity index (χ2n) is 8.02. The van der Waals surface area contributed by atoms with E-state index in [2.05, 4.69) is 41.3 Å². The van der Waals surface area contributed by atoms with Crippen molar-refractivity contribution in [1.82, 2.24) is 9.88 Å². The Morgan fingerprint density at radius 1 is 1.08 bits per heavy atom. The molecule has 1 saturated carbocycles. The number of aromatic nitrogens is 1. The van der Waals surface area contributed by atoms with Crippen molar-refractivity contribution in [1.29, 1.82) is 0 Å². The van der Waals surface area contributed by atoms with Crippen LogP contribution in [0.15, 0.2) is 36.4 Å². The van der Waals surface area contributed by atoms with Crippen LogP contribution in [0.3, 0.4) is 0 Å². The molecule has 0 radical (unpaired) electrons. The van der Waals surface area contributed by atoms with Gasteiger partial charge in [0.2, 0.25) is 0 Å². The highest BCUT2D eigenvalue weighted by Crippen LogP contribution is 2.41. The Labute approximate surface area is 149 Å². The van der Waals surface area contributed by atoms with Crippen molar-refractivity contribution < 1.29 is 9.47 Å². The highest BCUT2D eigenvalue weighted by atomic mass is 16.5. The third kappa shape index (κ3) is 3.19. The SMILES string of the molecule is c1ccc2nc(CN3CC4(C3)OCCC4COCC3CC3)ccc2c1. The number of fused-ring (bicyclic) bond motifs is 1. The van der Waals surface area contributed by atoms with Gasteiger partial charge in [0, 0.05) is 44.2 Å². The number of likely N-dealkylation sites (tertiary alicyclic amines) is 1. The Hall–Kier alpha value is -1.49. The molecule has 0 N–H and O–H groups in total. The average molecular weight is 338 g/mol.